The second-order valence-electron chi connectivity index (χ2n) is 4.16. The maximum atomic E-state index is 12.0. The highest BCUT2D eigenvalue weighted by atomic mass is 35.5. The fraction of sp³-hybridized carbons (Fsp3) is 0.231. The molecular formula is C13H14Cl2N2O2. The first-order valence-corrected chi connectivity index (χ1v) is 6.23. The standard InChI is InChI=1S/C13H14Cl2N2O2/c1-8-4-6-9(7-5-8)12(18)16-10(11(14)15)13(19)17(2)3/h4-7H,1-3H3,(H,16,18). The van der Waals surface area contributed by atoms with Crippen LogP contribution in [0.5, 0.6) is 0 Å². The van der Waals surface area contributed by atoms with Crippen molar-refractivity contribution >= 4 is 35.0 Å². The summed E-state index contributed by atoms with van der Waals surface area (Å²) in [5.74, 6) is -0.913. The van der Waals surface area contributed by atoms with Crippen LogP contribution >= 0.6 is 23.2 Å². The van der Waals surface area contributed by atoms with Crippen molar-refractivity contribution in [2.75, 3.05) is 14.1 Å². The highest BCUT2D eigenvalue weighted by Gasteiger charge is 2.19. The highest BCUT2D eigenvalue weighted by Crippen LogP contribution is 2.14. The van der Waals surface area contributed by atoms with E-state index in [0.29, 0.717) is 5.56 Å². The summed E-state index contributed by atoms with van der Waals surface area (Å²) in [6.45, 7) is 1.91. The fourth-order valence-corrected chi connectivity index (χ4v) is 1.55. The third kappa shape index (κ3) is 4.26. The monoisotopic (exact) mass is 300 g/mol. The Morgan fingerprint density at radius 1 is 1.11 bits per heavy atom. The molecule has 0 aromatic heterocycles. The normalized spacial score (nSPS) is 9.74. The lowest BCUT2D eigenvalue weighted by Gasteiger charge is -2.14. The summed E-state index contributed by atoms with van der Waals surface area (Å²) in [6, 6.07) is 6.91. The number of rotatable bonds is 3. The van der Waals surface area contributed by atoms with E-state index >= 15 is 0 Å². The van der Waals surface area contributed by atoms with Crippen molar-refractivity contribution < 1.29 is 9.59 Å². The Bertz CT molecular complexity index is 518. The van der Waals surface area contributed by atoms with Gasteiger partial charge in [-0.2, -0.15) is 0 Å². The zero-order valence-electron chi connectivity index (χ0n) is 10.8. The molecule has 0 bridgehead atoms. The van der Waals surface area contributed by atoms with Gasteiger partial charge in [0.05, 0.1) is 0 Å². The van der Waals surface area contributed by atoms with Crippen LogP contribution in [0.4, 0.5) is 0 Å². The van der Waals surface area contributed by atoms with Crippen molar-refractivity contribution in [3.63, 3.8) is 0 Å². The number of nitrogens with zero attached hydrogens (tertiary/aromatic N) is 1. The molecule has 0 heterocycles. The van der Waals surface area contributed by atoms with E-state index in [2.05, 4.69) is 5.32 Å². The summed E-state index contributed by atoms with van der Waals surface area (Å²) in [5.41, 5.74) is 1.32. The van der Waals surface area contributed by atoms with Crippen LogP contribution in [-0.4, -0.2) is 30.8 Å². The smallest absolute Gasteiger partial charge is 0.272 e. The van der Waals surface area contributed by atoms with Crippen LogP contribution in [-0.2, 0) is 4.79 Å². The lowest BCUT2D eigenvalue weighted by Crippen LogP contribution is -2.34. The van der Waals surface area contributed by atoms with Gasteiger partial charge in [-0.1, -0.05) is 40.9 Å². The largest absolute Gasteiger partial charge is 0.343 e. The molecule has 0 aliphatic rings. The number of carbonyl (C=O) groups excluding carboxylic acids is 2. The molecule has 0 radical (unpaired) electrons. The third-order valence-electron chi connectivity index (χ3n) is 2.36. The molecule has 4 nitrogen and oxygen atoms in total. The maximum Gasteiger partial charge on any atom is 0.272 e. The van der Waals surface area contributed by atoms with Gasteiger partial charge in [-0.05, 0) is 19.1 Å². The quantitative estimate of drug-likeness (QED) is 0.872. The molecule has 1 rings (SSSR count). The van der Waals surface area contributed by atoms with Gasteiger partial charge < -0.3 is 10.2 Å². The van der Waals surface area contributed by atoms with Crippen LogP contribution in [0.2, 0.25) is 0 Å². The Morgan fingerprint density at radius 2 is 1.63 bits per heavy atom. The van der Waals surface area contributed by atoms with E-state index in [1.807, 2.05) is 6.92 Å². The summed E-state index contributed by atoms with van der Waals surface area (Å²) < 4.78 is -0.279. The predicted octanol–water partition coefficient (Wildman–Crippen LogP) is 2.46. The molecule has 0 saturated carbocycles. The molecule has 1 N–H and O–H groups in total. The summed E-state index contributed by atoms with van der Waals surface area (Å²) in [7, 11) is 3.08. The molecule has 2 amide bonds. The van der Waals surface area contributed by atoms with Crippen molar-refractivity contribution in [3.05, 3.63) is 45.6 Å². The first-order chi connectivity index (χ1) is 8.82. The number of hydrogen-bond acceptors (Lipinski definition) is 2. The van der Waals surface area contributed by atoms with Crippen molar-refractivity contribution in [1.82, 2.24) is 10.2 Å². The van der Waals surface area contributed by atoms with Gasteiger partial charge in [-0.3, -0.25) is 9.59 Å². The molecule has 1 aromatic rings. The molecule has 0 saturated heterocycles. The van der Waals surface area contributed by atoms with Crippen molar-refractivity contribution in [1.29, 1.82) is 0 Å². The first kappa shape index (κ1) is 15.5. The van der Waals surface area contributed by atoms with Crippen molar-refractivity contribution in [2.24, 2.45) is 0 Å². The zero-order valence-corrected chi connectivity index (χ0v) is 12.3. The molecule has 6 heteroatoms. The molecule has 0 aliphatic carbocycles. The number of carbonyl (C=O) groups is 2. The second-order valence-corrected chi connectivity index (χ2v) is 5.10. The lowest BCUT2D eigenvalue weighted by atomic mass is 10.1. The minimum atomic E-state index is -0.472. The molecule has 19 heavy (non-hydrogen) atoms. The number of halogens is 2. The summed E-state index contributed by atoms with van der Waals surface area (Å²) in [4.78, 5) is 25.0. The van der Waals surface area contributed by atoms with Crippen LogP contribution in [0.25, 0.3) is 0 Å². The summed E-state index contributed by atoms with van der Waals surface area (Å²) in [6.07, 6.45) is 0. The summed E-state index contributed by atoms with van der Waals surface area (Å²) >= 11 is 11.2. The van der Waals surface area contributed by atoms with Crippen molar-refractivity contribution in [3.8, 4) is 0 Å². The Morgan fingerprint density at radius 3 is 2.05 bits per heavy atom. The van der Waals surface area contributed by atoms with E-state index in [0.717, 1.165) is 5.56 Å². The van der Waals surface area contributed by atoms with Crippen LogP contribution in [0.1, 0.15) is 15.9 Å². The molecule has 0 fully saturated rings. The van der Waals surface area contributed by atoms with Gasteiger partial charge in [0.25, 0.3) is 11.8 Å². The highest BCUT2D eigenvalue weighted by molar-refractivity contribution is 6.57. The van der Waals surface area contributed by atoms with Crippen LogP contribution in [0.3, 0.4) is 0 Å². The topological polar surface area (TPSA) is 49.4 Å². The van der Waals surface area contributed by atoms with Crippen molar-refractivity contribution in [2.45, 2.75) is 6.92 Å². The molecule has 0 aliphatic heterocycles. The molecular weight excluding hydrogens is 287 g/mol. The third-order valence-corrected chi connectivity index (χ3v) is 2.74. The average molecular weight is 301 g/mol. The molecule has 0 spiro atoms. The van der Waals surface area contributed by atoms with Gasteiger partial charge in [0.1, 0.15) is 10.2 Å². The van der Waals surface area contributed by atoms with Crippen LogP contribution < -0.4 is 5.32 Å². The van der Waals surface area contributed by atoms with E-state index in [9.17, 15) is 9.59 Å². The number of amides is 2. The van der Waals surface area contributed by atoms with E-state index in [1.54, 1.807) is 24.3 Å². The van der Waals surface area contributed by atoms with Gasteiger partial charge in [0.2, 0.25) is 0 Å². The van der Waals surface area contributed by atoms with E-state index in [1.165, 1.54) is 19.0 Å². The van der Waals surface area contributed by atoms with Gasteiger partial charge in [-0.25, -0.2) is 0 Å². The fourth-order valence-electron chi connectivity index (χ4n) is 1.30. The number of benzene rings is 1. The van der Waals surface area contributed by atoms with Crippen LogP contribution in [0.15, 0.2) is 34.5 Å². The molecule has 0 atom stereocenters. The second kappa shape index (κ2) is 6.59. The number of aryl methyl sites for hydroxylation is 1. The first-order valence-electron chi connectivity index (χ1n) is 5.48. The lowest BCUT2D eigenvalue weighted by molar-refractivity contribution is -0.125. The van der Waals surface area contributed by atoms with E-state index in [4.69, 9.17) is 23.2 Å². The Balaban J connectivity index is 2.93. The zero-order chi connectivity index (χ0) is 14.6. The Labute approximate surface area is 122 Å². The Kier molecular flexibility index (Phi) is 5.39. The molecule has 1 aromatic carbocycles. The molecule has 102 valence electrons. The molecule has 0 unspecified atom stereocenters. The van der Waals surface area contributed by atoms with Gasteiger partial charge in [-0.15, -0.1) is 0 Å². The minimum absolute atomic E-state index is 0.140. The number of likely N-dealkylation sites (N-methyl/N-ethyl adjacent to an activating group) is 1. The number of hydrogen-bond donors (Lipinski definition) is 1. The van der Waals surface area contributed by atoms with E-state index in [-0.39, 0.29) is 10.2 Å². The van der Waals surface area contributed by atoms with E-state index < -0.39 is 11.8 Å². The van der Waals surface area contributed by atoms with Gasteiger partial charge >= 0.3 is 0 Å². The average Bonchev–Trinajstić information content (AvgIpc) is 2.35. The number of nitrogens with one attached hydrogen (secondary N) is 1. The van der Waals surface area contributed by atoms with Gasteiger partial charge in [0.15, 0.2) is 0 Å². The SMILES string of the molecule is Cc1ccc(C(=O)NC(C(=O)N(C)C)=C(Cl)Cl)cc1. The minimum Gasteiger partial charge on any atom is -0.343 e. The van der Waals surface area contributed by atoms with Crippen LogP contribution in [0, 0.1) is 6.92 Å². The predicted molar refractivity (Wildman–Crippen MR) is 76.1 cm³/mol. The summed E-state index contributed by atoms with van der Waals surface area (Å²) in [5, 5.41) is 2.42. The van der Waals surface area contributed by atoms with Gasteiger partial charge in [0, 0.05) is 19.7 Å². The Hall–Kier alpha value is -1.52. The maximum absolute atomic E-state index is 12.0.